The van der Waals surface area contributed by atoms with Gasteiger partial charge in [0.05, 0.1) is 11.0 Å². The topological polar surface area (TPSA) is 88.4 Å². The summed E-state index contributed by atoms with van der Waals surface area (Å²) in [5, 5.41) is 6.21. The van der Waals surface area contributed by atoms with E-state index in [2.05, 4.69) is 21.6 Å². The van der Waals surface area contributed by atoms with Crippen LogP contribution in [0.4, 0.5) is 0 Å². The Hall–Kier alpha value is -2.45. The lowest BCUT2D eigenvalue weighted by Gasteiger charge is -2.52. The van der Waals surface area contributed by atoms with Gasteiger partial charge in [-0.1, -0.05) is 12.1 Å². The number of carbonyl (C=O) groups is 2. The van der Waals surface area contributed by atoms with Gasteiger partial charge in [-0.05, 0) is 49.4 Å². The maximum Gasteiger partial charge on any atom is 0.329 e. The number of para-hydroxylation sites is 1. The molecule has 3 saturated heterocycles. The fraction of sp³-hybridized carbons (Fsp3) is 0.591. The molecule has 5 rings (SSSR count). The van der Waals surface area contributed by atoms with E-state index in [9.17, 15) is 14.4 Å². The molecule has 3 aliphatic rings. The lowest BCUT2D eigenvalue weighted by molar-refractivity contribution is -0.126. The van der Waals surface area contributed by atoms with Crippen molar-refractivity contribution in [3.05, 3.63) is 34.2 Å². The molecule has 1 aromatic heterocycles. The molecule has 160 valence electrons. The number of benzene rings is 1. The average Bonchev–Trinajstić information content (AvgIpc) is 3.00. The van der Waals surface area contributed by atoms with Crippen LogP contribution >= 0.6 is 0 Å². The predicted octanol–water partition coefficient (Wildman–Crippen LogP) is 0.330. The first-order valence-corrected chi connectivity index (χ1v) is 10.8. The second-order valence-corrected chi connectivity index (χ2v) is 9.36. The van der Waals surface area contributed by atoms with Gasteiger partial charge >= 0.3 is 5.69 Å². The highest BCUT2D eigenvalue weighted by Gasteiger charge is 2.43. The maximum atomic E-state index is 13.2. The summed E-state index contributed by atoms with van der Waals surface area (Å²) in [5.74, 6) is -0.0777. The van der Waals surface area contributed by atoms with Crippen LogP contribution in [0.3, 0.4) is 0 Å². The summed E-state index contributed by atoms with van der Waals surface area (Å²) in [5.41, 5.74) is 1.97. The summed E-state index contributed by atoms with van der Waals surface area (Å²) in [6.07, 6.45) is 3.88. The summed E-state index contributed by atoms with van der Waals surface area (Å²) in [6.45, 7) is 5.36. The number of nitrogens with one attached hydrogen (secondary N) is 2. The van der Waals surface area contributed by atoms with E-state index in [0.29, 0.717) is 11.8 Å². The number of fused-ring (bicyclic) bond motifs is 1. The number of piperidine rings is 2. The van der Waals surface area contributed by atoms with E-state index in [1.54, 1.807) is 16.2 Å². The van der Waals surface area contributed by atoms with Crippen molar-refractivity contribution < 1.29 is 9.59 Å². The molecule has 8 nitrogen and oxygen atoms in total. The summed E-state index contributed by atoms with van der Waals surface area (Å²) in [4.78, 5) is 39.5. The van der Waals surface area contributed by atoms with Gasteiger partial charge in [0.1, 0.15) is 11.8 Å². The Balaban J connectivity index is 1.49. The van der Waals surface area contributed by atoms with Crippen molar-refractivity contribution >= 4 is 23.2 Å². The minimum atomic E-state index is -1.03. The Morgan fingerprint density at radius 1 is 1.13 bits per heavy atom. The zero-order valence-corrected chi connectivity index (χ0v) is 17.4. The highest BCUT2D eigenvalue weighted by Crippen LogP contribution is 2.40. The van der Waals surface area contributed by atoms with Crippen molar-refractivity contribution in [2.75, 3.05) is 32.7 Å². The monoisotopic (exact) mass is 411 g/mol. The standard InChI is InChI=1S/C22H29N5O3/c1-25-19-16(11-26-13-21(14-26)7-9-23-10-8-21)3-2-4-17(19)27(20(25)30)22(15-28)6-5-18(29)24-12-22/h2-4,15,23H,5-14H2,1H3,(H,24,29). The third kappa shape index (κ3) is 2.93. The van der Waals surface area contributed by atoms with Gasteiger partial charge in [0, 0.05) is 39.6 Å². The number of hydrogen-bond acceptors (Lipinski definition) is 5. The molecule has 0 saturated carbocycles. The number of aromatic nitrogens is 2. The minimum absolute atomic E-state index is 0.0777. The number of aryl methyl sites for hydroxylation is 1. The van der Waals surface area contributed by atoms with Gasteiger partial charge in [0.2, 0.25) is 5.91 Å². The Kier molecular flexibility index (Phi) is 4.59. The van der Waals surface area contributed by atoms with Crippen molar-refractivity contribution in [1.29, 1.82) is 0 Å². The Morgan fingerprint density at radius 3 is 2.57 bits per heavy atom. The quantitative estimate of drug-likeness (QED) is 0.708. The molecule has 2 aromatic rings. The van der Waals surface area contributed by atoms with Crippen molar-refractivity contribution in [3.63, 3.8) is 0 Å². The molecule has 1 unspecified atom stereocenters. The van der Waals surface area contributed by atoms with Crippen molar-refractivity contribution in [3.8, 4) is 0 Å². The van der Waals surface area contributed by atoms with Crippen LogP contribution in [0.15, 0.2) is 23.0 Å². The summed E-state index contributed by atoms with van der Waals surface area (Å²) in [7, 11) is 1.77. The largest absolute Gasteiger partial charge is 0.353 e. The SMILES string of the molecule is Cn1c(=O)n(C2(C=O)CCC(=O)NC2)c2cccc(CN3CC4(CCNCC4)C3)c21. The second kappa shape index (κ2) is 7.06. The Bertz CT molecular complexity index is 1040. The van der Waals surface area contributed by atoms with Crippen molar-refractivity contribution in [1.82, 2.24) is 24.7 Å². The Morgan fingerprint density at radius 2 is 1.90 bits per heavy atom. The first-order valence-electron chi connectivity index (χ1n) is 10.8. The molecule has 4 heterocycles. The lowest BCUT2D eigenvalue weighted by atomic mass is 9.72. The van der Waals surface area contributed by atoms with Crippen LogP contribution in [0, 0.1) is 5.41 Å². The molecule has 1 amide bonds. The number of rotatable bonds is 4. The number of nitrogens with zero attached hydrogens (tertiary/aromatic N) is 3. The van der Waals surface area contributed by atoms with Gasteiger partial charge in [-0.15, -0.1) is 0 Å². The molecular formula is C22H29N5O3. The molecule has 8 heteroatoms. The van der Waals surface area contributed by atoms with Crippen molar-refractivity contribution in [2.45, 2.75) is 37.8 Å². The fourth-order valence-electron chi connectivity index (χ4n) is 5.68. The number of hydrogen-bond donors (Lipinski definition) is 2. The zero-order valence-electron chi connectivity index (χ0n) is 17.4. The van der Waals surface area contributed by atoms with E-state index in [1.165, 1.54) is 12.8 Å². The molecule has 0 aliphatic carbocycles. The summed E-state index contributed by atoms with van der Waals surface area (Å²) in [6, 6.07) is 5.95. The number of imidazole rings is 1. The number of carbonyl (C=O) groups excluding carboxylic acids is 2. The highest BCUT2D eigenvalue weighted by molar-refractivity contribution is 5.84. The van der Waals surface area contributed by atoms with Crippen LogP contribution in [-0.4, -0.2) is 59.0 Å². The average molecular weight is 412 g/mol. The van der Waals surface area contributed by atoms with Gasteiger partial charge in [-0.25, -0.2) is 4.79 Å². The second-order valence-electron chi connectivity index (χ2n) is 9.36. The van der Waals surface area contributed by atoms with Crippen molar-refractivity contribution in [2.24, 2.45) is 12.5 Å². The third-order valence-electron chi connectivity index (χ3n) is 7.37. The lowest BCUT2D eigenvalue weighted by Crippen LogP contribution is -2.59. The Labute approximate surface area is 175 Å². The first kappa shape index (κ1) is 19.5. The summed E-state index contributed by atoms with van der Waals surface area (Å²) < 4.78 is 3.26. The van der Waals surface area contributed by atoms with E-state index >= 15 is 0 Å². The van der Waals surface area contributed by atoms with Gasteiger partial charge in [-0.2, -0.15) is 0 Å². The molecule has 3 fully saturated rings. The molecule has 1 atom stereocenters. The number of amides is 1. The smallest absolute Gasteiger partial charge is 0.329 e. The van der Waals surface area contributed by atoms with Crippen LogP contribution in [-0.2, 0) is 28.7 Å². The van der Waals surface area contributed by atoms with E-state index in [4.69, 9.17) is 0 Å². The van der Waals surface area contributed by atoms with Crippen LogP contribution < -0.4 is 16.3 Å². The molecular weight excluding hydrogens is 382 g/mol. The maximum absolute atomic E-state index is 13.2. The van der Waals surface area contributed by atoms with E-state index in [-0.39, 0.29) is 24.6 Å². The van der Waals surface area contributed by atoms with E-state index in [0.717, 1.165) is 55.6 Å². The number of aldehydes is 1. The highest BCUT2D eigenvalue weighted by atomic mass is 16.2. The van der Waals surface area contributed by atoms with E-state index < -0.39 is 5.54 Å². The van der Waals surface area contributed by atoms with Gasteiger partial charge in [0.15, 0.2) is 0 Å². The third-order valence-corrected chi connectivity index (χ3v) is 7.37. The van der Waals surface area contributed by atoms with Gasteiger partial charge in [-0.3, -0.25) is 18.8 Å². The van der Waals surface area contributed by atoms with Gasteiger partial charge in [0.25, 0.3) is 0 Å². The van der Waals surface area contributed by atoms with Crippen LogP contribution in [0.25, 0.3) is 11.0 Å². The van der Waals surface area contributed by atoms with Crippen LogP contribution in [0.5, 0.6) is 0 Å². The summed E-state index contributed by atoms with van der Waals surface area (Å²) >= 11 is 0. The molecule has 0 radical (unpaired) electrons. The molecule has 2 N–H and O–H groups in total. The molecule has 1 aromatic carbocycles. The molecule has 3 aliphatic heterocycles. The minimum Gasteiger partial charge on any atom is -0.353 e. The molecule has 0 bridgehead atoms. The van der Waals surface area contributed by atoms with E-state index in [1.807, 2.05) is 12.1 Å². The fourth-order valence-corrected chi connectivity index (χ4v) is 5.68. The predicted molar refractivity (Wildman–Crippen MR) is 113 cm³/mol. The van der Waals surface area contributed by atoms with Crippen LogP contribution in [0.2, 0.25) is 0 Å². The molecule has 1 spiro atoms. The molecule has 30 heavy (non-hydrogen) atoms. The first-order chi connectivity index (χ1) is 14.5. The van der Waals surface area contributed by atoms with Crippen LogP contribution in [0.1, 0.15) is 31.2 Å². The number of likely N-dealkylation sites (tertiary alicyclic amines) is 1. The normalized spacial score (nSPS) is 26.5. The zero-order chi connectivity index (χ0) is 20.9. The van der Waals surface area contributed by atoms with Gasteiger partial charge < -0.3 is 15.4 Å².